The van der Waals surface area contributed by atoms with E-state index in [4.69, 9.17) is 0 Å². The molecule has 0 fully saturated rings. The summed E-state index contributed by atoms with van der Waals surface area (Å²) in [5, 5.41) is 23.6. The van der Waals surface area contributed by atoms with Gasteiger partial charge < -0.3 is 10.2 Å². The number of carbonyl (C=O) groups is 1. The second kappa shape index (κ2) is 6.47. The quantitative estimate of drug-likeness (QED) is 0.590. The third-order valence-electron chi connectivity index (χ3n) is 3.57. The Balaban J connectivity index is 2.33. The smallest absolute Gasteiger partial charge is 0.242 e. The van der Waals surface area contributed by atoms with Crippen LogP contribution in [0.5, 0.6) is 11.5 Å². The molecule has 0 bridgehead atoms. The molecule has 5 nitrogen and oxygen atoms in total. The van der Waals surface area contributed by atoms with Crippen molar-refractivity contribution in [3.05, 3.63) is 48.1 Å². The number of hydrogen-bond acceptors (Lipinski definition) is 4. The average molecular weight is 300 g/mol. The third kappa shape index (κ3) is 3.36. The number of nitrogens with one attached hydrogen (secondary N) is 1. The molecule has 1 unspecified atom stereocenters. The third-order valence-corrected chi connectivity index (χ3v) is 3.57. The highest BCUT2D eigenvalue weighted by atomic mass is 16.3. The largest absolute Gasteiger partial charge is 0.508 e. The molecule has 1 atom stereocenters. The van der Waals surface area contributed by atoms with E-state index in [9.17, 15) is 15.0 Å². The maximum absolute atomic E-state index is 11.6. The first kappa shape index (κ1) is 15.8. The van der Waals surface area contributed by atoms with Crippen LogP contribution in [0.4, 0.5) is 0 Å². The van der Waals surface area contributed by atoms with Gasteiger partial charge in [0.15, 0.2) is 0 Å². The molecule has 1 aliphatic rings. The Bertz CT molecular complexity index is 647. The Morgan fingerprint density at radius 2 is 2.14 bits per heavy atom. The van der Waals surface area contributed by atoms with E-state index in [0.717, 1.165) is 0 Å². The molecular formula is C17H20N2O3. The number of carbonyl (C=O) groups excluding carboxylic acids is 1. The van der Waals surface area contributed by atoms with Crippen LogP contribution < -0.4 is 5.43 Å². The molecule has 1 aromatic rings. The second-order valence-electron chi connectivity index (χ2n) is 5.62. The van der Waals surface area contributed by atoms with Crippen LogP contribution in [0.15, 0.2) is 47.6 Å². The van der Waals surface area contributed by atoms with E-state index < -0.39 is 5.41 Å². The fraction of sp³-hybridized carbons (Fsp3) is 0.294. The molecule has 116 valence electrons. The first-order chi connectivity index (χ1) is 10.4. The lowest BCUT2D eigenvalue weighted by Gasteiger charge is -2.28. The van der Waals surface area contributed by atoms with Gasteiger partial charge in [0, 0.05) is 23.8 Å². The minimum Gasteiger partial charge on any atom is -0.508 e. The molecular weight excluding hydrogens is 280 g/mol. The molecule has 0 saturated carbocycles. The van der Waals surface area contributed by atoms with Crippen molar-refractivity contribution in [2.45, 2.75) is 25.7 Å². The Labute approximate surface area is 129 Å². The predicted octanol–water partition coefficient (Wildman–Crippen LogP) is 2.61. The summed E-state index contributed by atoms with van der Waals surface area (Å²) in [4.78, 5) is 11.6. The molecule has 0 saturated heterocycles. The molecule has 0 aromatic heterocycles. The van der Waals surface area contributed by atoms with Gasteiger partial charge in [0.05, 0.1) is 5.41 Å². The number of aromatic hydroxyl groups is 2. The second-order valence-corrected chi connectivity index (χ2v) is 5.62. The molecule has 1 amide bonds. The van der Waals surface area contributed by atoms with Crippen molar-refractivity contribution in [3.63, 3.8) is 0 Å². The summed E-state index contributed by atoms with van der Waals surface area (Å²) >= 11 is 0. The fourth-order valence-corrected chi connectivity index (χ4v) is 2.26. The zero-order valence-electron chi connectivity index (χ0n) is 12.7. The molecule has 0 radical (unpaired) electrons. The number of phenolic OH excluding ortho intramolecular Hbond substituents is 2. The van der Waals surface area contributed by atoms with Gasteiger partial charge in [-0.15, -0.1) is 0 Å². The fourth-order valence-electron chi connectivity index (χ4n) is 2.26. The molecule has 22 heavy (non-hydrogen) atoms. The van der Waals surface area contributed by atoms with Gasteiger partial charge in [-0.25, -0.2) is 5.43 Å². The Hall–Kier alpha value is -2.56. The topological polar surface area (TPSA) is 81.9 Å². The molecule has 1 aromatic carbocycles. The molecule has 0 heterocycles. The zero-order valence-corrected chi connectivity index (χ0v) is 12.7. The van der Waals surface area contributed by atoms with Crippen LogP contribution in [0.3, 0.4) is 0 Å². The number of rotatable bonds is 4. The number of benzene rings is 1. The lowest BCUT2D eigenvalue weighted by Crippen LogP contribution is -2.29. The highest BCUT2D eigenvalue weighted by molar-refractivity contribution is 5.82. The minimum absolute atomic E-state index is 0.00298. The lowest BCUT2D eigenvalue weighted by molar-refractivity contribution is -0.123. The van der Waals surface area contributed by atoms with Crippen LogP contribution in [0, 0.1) is 5.92 Å². The van der Waals surface area contributed by atoms with Gasteiger partial charge in [-0.3, -0.25) is 4.79 Å². The van der Waals surface area contributed by atoms with E-state index in [2.05, 4.69) is 10.5 Å². The maximum Gasteiger partial charge on any atom is 0.242 e. The van der Waals surface area contributed by atoms with Crippen LogP contribution in [-0.2, 0) is 10.2 Å². The van der Waals surface area contributed by atoms with Crippen LogP contribution in [0.2, 0.25) is 0 Å². The number of nitrogens with zero attached hydrogens (tertiary/aromatic N) is 1. The van der Waals surface area contributed by atoms with Gasteiger partial charge in [0.1, 0.15) is 11.5 Å². The van der Waals surface area contributed by atoms with E-state index >= 15 is 0 Å². The van der Waals surface area contributed by atoms with E-state index in [-0.39, 0.29) is 23.3 Å². The first-order valence-electron chi connectivity index (χ1n) is 7.15. The molecule has 2 rings (SSSR count). The summed E-state index contributed by atoms with van der Waals surface area (Å²) in [5.74, 6) is -0.341. The van der Waals surface area contributed by atoms with Crippen LogP contribution in [-0.4, -0.2) is 22.3 Å². The summed E-state index contributed by atoms with van der Waals surface area (Å²) in [6.45, 7) is 3.57. The Morgan fingerprint density at radius 3 is 2.73 bits per heavy atom. The monoisotopic (exact) mass is 300 g/mol. The molecule has 3 N–H and O–H groups in total. The predicted molar refractivity (Wildman–Crippen MR) is 85.8 cm³/mol. The molecule has 1 aliphatic carbocycles. The zero-order chi connectivity index (χ0) is 16.2. The maximum atomic E-state index is 11.6. The van der Waals surface area contributed by atoms with Gasteiger partial charge in [0.25, 0.3) is 0 Å². The summed E-state index contributed by atoms with van der Waals surface area (Å²) in [6.07, 6.45) is 9.86. The average Bonchev–Trinajstić information content (AvgIpc) is 2.47. The van der Waals surface area contributed by atoms with Gasteiger partial charge in [-0.05, 0) is 12.5 Å². The van der Waals surface area contributed by atoms with Gasteiger partial charge >= 0.3 is 0 Å². The number of hydrogen-bond donors (Lipinski definition) is 3. The van der Waals surface area contributed by atoms with Crippen LogP contribution >= 0.6 is 0 Å². The molecule has 5 heteroatoms. The van der Waals surface area contributed by atoms with Crippen molar-refractivity contribution in [1.82, 2.24) is 5.43 Å². The minimum atomic E-state index is -0.656. The number of hydrazone groups is 1. The summed E-state index contributed by atoms with van der Waals surface area (Å²) in [7, 11) is 0. The normalized spacial score (nSPS) is 20.7. The van der Waals surface area contributed by atoms with Crippen molar-refractivity contribution in [1.29, 1.82) is 0 Å². The Morgan fingerprint density at radius 1 is 1.36 bits per heavy atom. The number of phenols is 2. The lowest BCUT2D eigenvalue weighted by atomic mass is 9.76. The van der Waals surface area contributed by atoms with E-state index in [1.165, 1.54) is 12.1 Å². The first-order valence-corrected chi connectivity index (χ1v) is 7.15. The highest BCUT2D eigenvalue weighted by Gasteiger charge is 2.30. The van der Waals surface area contributed by atoms with Gasteiger partial charge in [-0.2, -0.15) is 5.10 Å². The van der Waals surface area contributed by atoms with Crippen LogP contribution in [0.25, 0.3) is 0 Å². The number of allylic oxidation sites excluding steroid dienone is 4. The standard InChI is InChI=1S/C17H20N2O3/c1-12(2)16(22)19-18-11-17(8-4-3-5-9-17)14-7-6-13(20)10-15(14)21/h3-8,10-12,20-21H,9H2,1-2H3,(H,19,22). The summed E-state index contributed by atoms with van der Waals surface area (Å²) in [5.41, 5.74) is 2.46. The molecule has 0 aliphatic heterocycles. The summed E-state index contributed by atoms with van der Waals surface area (Å²) in [6, 6.07) is 4.47. The van der Waals surface area contributed by atoms with Gasteiger partial charge in [-0.1, -0.05) is 44.2 Å². The van der Waals surface area contributed by atoms with E-state index in [1.54, 1.807) is 26.1 Å². The van der Waals surface area contributed by atoms with E-state index in [1.807, 2.05) is 24.3 Å². The SMILES string of the molecule is CC(C)C(=O)NN=CC1(c2ccc(O)cc2O)C=CC=CC1. The summed E-state index contributed by atoms with van der Waals surface area (Å²) < 4.78 is 0. The van der Waals surface area contributed by atoms with Gasteiger partial charge in [0.2, 0.25) is 5.91 Å². The Kier molecular flexibility index (Phi) is 4.65. The van der Waals surface area contributed by atoms with Crippen molar-refractivity contribution in [2.75, 3.05) is 0 Å². The number of amides is 1. The highest BCUT2D eigenvalue weighted by Crippen LogP contribution is 2.37. The van der Waals surface area contributed by atoms with Crippen molar-refractivity contribution in [2.24, 2.45) is 11.0 Å². The molecule has 0 spiro atoms. The van der Waals surface area contributed by atoms with Crippen molar-refractivity contribution >= 4 is 12.1 Å². The van der Waals surface area contributed by atoms with E-state index in [0.29, 0.717) is 12.0 Å². The van der Waals surface area contributed by atoms with Crippen LogP contribution in [0.1, 0.15) is 25.8 Å². The van der Waals surface area contributed by atoms with Crippen molar-refractivity contribution < 1.29 is 15.0 Å². The van der Waals surface area contributed by atoms with Crippen molar-refractivity contribution in [3.8, 4) is 11.5 Å².